The molecule has 0 bridgehead atoms. The second kappa shape index (κ2) is 7.43. The highest BCUT2D eigenvalue weighted by Crippen LogP contribution is 2.24. The quantitative estimate of drug-likeness (QED) is 0.823. The van der Waals surface area contributed by atoms with Gasteiger partial charge in [0.2, 0.25) is 6.10 Å². The van der Waals surface area contributed by atoms with Gasteiger partial charge in [-0.25, -0.2) is 4.79 Å². The SMILES string of the molecule is COC(=O)CNC(=O)[C@@H](OC(=O)C(F)(F)F)c1ccccc1. The Morgan fingerprint density at radius 2 is 1.77 bits per heavy atom. The number of methoxy groups -OCH3 is 1. The van der Waals surface area contributed by atoms with Crippen molar-refractivity contribution in [2.24, 2.45) is 0 Å². The highest BCUT2D eigenvalue weighted by molar-refractivity contribution is 5.88. The molecule has 0 fully saturated rings. The number of halogens is 3. The maximum atomic E-state index is 12.3. The molecule has 1 rings (SSSR count). The average molecular weight is 319 g/mol. The van der Waals surface area contributed by atoms with Crippen LogP contribution in [0.25, 0.3) is 0 Å². The van der Waals surface area contributed by atoms with E-state index in [0.717, 1.165) is 7.11 Å². The van der Waals surface area contributed by atoms with Crippen molar-refractivity contribution in [2.45, 2.75) is 12.3 Å². The molecule has 1 aromatic rings. The Morgan fingerprint density at radius 1 is 1.18 bits per heavy atom. The van der Waals surface area contributed by atoms with E-state index in [-0.39, 0.29) is 5.56 Å². The first-order chi connectivity index (χ1) is 10.3. The van der Waals surface area contributed by atoms with Gasteiger partial charge >= 0.3 is 18.1 Å². The molecule has 0 saturated carbocycles. The first-order valence-electron chi connectivity index (χ1n) is 5.93. The van der Waals surface area contributed by atoms with Crippen LogP contribution in [0.3, 0.4) is 0 Å². The van der Waals surface area contributed by atoms with Crippen molar-refractivity contribution in [3.05, 3.63) is 35.9 Å². The zero-order valence-corrected chi connectivity index (χ0v) is 11.3. The van der Waals surface area contributed by atoms with Crippen LogP contribution in [0.15, 0.2) is 30.3 Å². The van der Waals surface area contributed by atoms with Crippen molar-refractivity contribution < 1.29 is 37.0 Å². The Hall–Kier alpha value is -2.58. The highest BCUT2D eigenvalue weighted by atomic mass is 19.4. The van der Waals surface area contributed by atoms with E-state index in [4.69, 9.17) is 0 Å². The maximum absolute atomic E-state index is 12.3. The fourth-order valence-electron chi connectivity index (χ4n) is 1.40. The number of rotatable bonds is 5. The first kappa shape index (κ1) is 17.5. The van der Waals surface area contributed by atoms with Crippen molar-refractivity contribution in [1.82, 2.24) is 5.32 Å². The van der Waals surface area contributed by atoms with Crippen molar-refractivity contribution >= 4 is 17.8 Å². The number of hydrogen-bond donors (Lipinski definition) is 1. The summed E-state index contributed by atoms with van der Waals surface area (Å²) in [6.07, 6.45) is -7.07. The second-order valence-corrected chi connectivity index (χ2v) is 3.99. The van der Waals surface area contributed by atoms with E-state index in [2.05, 4.69) is 9.47 Å². The van der Waals surface area contributed by atoms with Crippen molar-refractivity contribution in [3.63, 3.8) is 0 Å². The number of alkyl halides is 3. The van der Waals surface area contributed by atoms with E-state index in [1.165, 1.54) is 24.3 Å². The number of amides is 1. The summed E-state index contributed by atoms with van der Waals surface area (Å²) in [5.41, 5.74) is 0.0301. The Kier molecular flexibility index (Phi) is 5.90. The van der Waals surface area contributed by atoms with Crippen molar-refractivity contribution in [2.75, 3.05) is 13.7 Å². The fraction of sp³-hybridized carbons (Fsp3) is 0.308. The van der Waals surface area contributed by atoms with Gasteiger partial charge in [-0.05, 0) is 0 Å². The first-order valence-corrected chi connectivity index (χ1v) is 5.93. The summed E-state index contributed by atoms with van der Waals surface area (Å²) in [7, 11) is 1.08. The molecule has 0 aromatic heterocycles. The van der Waals surface area contributed by atoms with Gasteiger partial charge in [-0.2, -0.15) is 13.2 Å². The number of nitrogens with one attached hydrogen (secondary N) is 1. The van der Waals surface area contributed by atoms with Gasteiger partial charge in [0.15, 0.2) is 0 Å². The molecule has 0 radical (unpaired) electrons. The number of carbonyl (C=O) groups is 3. The minimum atomic E-state index is -5.24. The Balaban J connectivity index is 2.90. The van der Waals surface area contributed by atoms with E-state index in [9.17, 15) is 27.6 Å². The van der Waals surface area contributed by atoms with Crippen LogP contribution in [0, 0.1) is 0 Å². The van der Waals surface area contributed by atoms with Gasteiger partial charge < -0.3 is 14.8 Å². The lowest BCUT2D eigenvalue weighted by Crippen LogP contribution is -2.38. The van der Waals surface area contributed by atoms with Crippen LogP contribution in [0.4, 0.5) is 13.2 Å². The summed E-state index contributed by atoms with van der Waals surface area (Å²) in [6.45, 7) is -0.567. The van der Waals surface area contributed by atoms with Gasteiger partial charge in [0, 0.05) is 5.56 Å². The molecule has 1 atom stereocenters. The normalized spacial score (nSPS) is 12.2. The van der Waals surface area contributed by atoms with Crippen LogP contribution in [-0.2, 0) is 23.9 Å². The molecule has 0 heterocycles. The summed E-state index contributed by atoms with van der Waals surface area (Å²) < 4.78 is 45.3. The summed E-state index contributed by atoms with van der Waals surface area (Å²) in [6, 6.07) is 7.10. The number of benzene rings is 1. The van der Waals surface area contributed by atoms with Crippen molar-refractivity contribution in [1.29, 1.82) is 0 Å². The third kappa shape index (κ3) is 5.08. The smallest absolute Gasteiger partial charge is 0.468 e. The fourth-order valence-corrected chi connectivity index (χ4v) is 1.40. The third-order valence-corrected chi connectivity index (χ3v) is 2.43. The molecule has 0 aliphatic carbocycles. The third-order valence-electron chi connectivity index (χ3n) is 2.43. The summed E-state index contributed by atoms with van der Waals surface area (Å²) >= 11 is 0. The maximum Gasteiger partial charge on any atom is 0.490 e. The molecule has 1 N–H and O–H groups in total. The largest absolute Gasteiger partial charge is 0.490 e. The van der Waals surface area contributed by atoms with E-state index in [1.807, 2.05) is 5.32 Å². The van der Waals surface area contributed by atoms with Crippen molar-refractivity contribution in [3.8, 4) is 0 Å². The molecule has 6 nitrogen and oxygen atoms in total. The van der Waals surface area contributed by atoms with E-state index < -0.39 is 36.7 Å². The van der Waals surface area contributed by atoms with Gasteiger partial charge in [-0.3, -0.25) is 9.59 Å². The minimum absolute atomic E-state index is 0.0301. The Bertz CT molecular complexity index is 544. The standard InChI is InChI=1S/C13H12F3NO5/c1-21-9(18)7-17-11(19)10(8-5-3-2-4-6-8)22-12(20)13(14,15)16/h2-6,10H,7H2,1H3,(H,17,19)/t10-/m0/s1. The van der Waals surface area contributed by atoms with Gasteiger partial charge in [0.1, 0.15) is 6.54 Å². The molecular weight excluding hydrogens is 307 g/mol. The molecule has 22 heavy (non-hydrogen) atoms. The molecule has 0 aliphatic heterocycles. The molecule has 0 unspecified atom stereocenters. The predicted molar refractivity (Wildman–Crippen MR) is 66.4 cm³/mol. The lowest BCUT2D eigenvalue weighted by molar-refractivity contribution is -0.205. The molecule has 1 aromatic carbocycles. The lowest BCUT2D eigenvalue weighted by Gasteiger charge is -2.18. The number of ether oxygens (including phenoxy) is 2. The zero-order chi connectivity index (χ0) is 16.8. The summed E-state index contributed by atoms with van der Waals surface area (Å²) in [5, 5.41) is 2.03. The Labute approximate surface area is 123 Å². The monoisotopic (exact) mass is 319 g/mol. The Morgan fingerprint density at radius 3 is 2.27 bits per heavy atom. The molecule has 0 spiro atoms. The average Bonchev–Trinajstić information content (AvgIpc) is 2.49. The zero-order valence-electron chi connectivity index (χ0n) is 11.3. The van der Waals surface area contributed by atoms with Gasteiger partial charge in [0.25, 0.3) is 5.91 Å². The molecular formula is C13H12F3NO5. The van der Waals surface area contributed by atoms with Crippen LogP contribution >= 0.6 is 0 Å². The predicted octanol–water partition coefficient (Wildman–Crippen LogP) is 1.12. The number of carbonyl (C=O) groups excluding carboxylic acids is 3. The summed E-state index contributed by atoms with van der Waals surface area (Å²) in [5.74, 6) is -4.38. The topological polar surface area (TPSA) is 81.7 Å². The van der Waals surface area contributed by atoms with E-state index >= 15 is 0 Å². The number of hydrogen-bond acceptors (Lipinski definition) is 5. The molecule has 120 valence electrons. The van der Waals surface area contributed by atoms with Crippen LogP contribution < -0.4 is 5.32 Å². The van der Waals surface area contributed by atoms with Crippen LogP contribution in [0.5, 0.6) is 0 Å². The molecule has 0 aliphatic rings. The van der Waals surface area contributed by atoms with Crippen LogP contribution in [0.2, 0.25) is 0 Å². The van der Waals surface area contributed by atoms with Gasteiger partial charge in [-0.1, -0.05) is 30.3 Å². The second-order valence-electron chi connectivity index (χ2n) is 3.99. The minimum Gasteiger partial charge on any atom is -0.468 e. The van der Waals surface area contributed by atoms with Gasteiger partial charge in [0.05, 0.1) is 7.11 Å². The molecule has 1 amide bonds. The van der Waals surface area contributed by atoms with E-state index in [0.29, 0.717) is 0 Å². The van der Waals surface area contributed by atoms with Crippen LogP contribution in [-0.4, -0.2) is 37.7 Å². The lowest BCUT2D eigenvalue weighted by atomic mass is 10.1. The summed E-state index contributed by atoms with van der Waals surface area (Å²) in [4.78, 5) is 33.7. The highest BCUT2D eigenvalue weighted by Gasteiger charge is 2.43. The number of esters is 2. The molecule has 0 saturated heterocycles. The van der Waals surface area contributed by atoms with Gasteiger partial charge in [-0.15, -0.1) is 0 Å². The van der Waals surface area contributed by atoms with Crippen LogP contribution in [0.1, 0.15) is 11.7 Å². The molecule has 9 heteroatoms. The van der Waals surface area contributed by atoms with E-state index in [1.54, 1.807) is 6.07 Å².